The molecular formula is C13H13FO3S. The van der Waals surface area contributed by atoms with E-state index in [-0.39, 0.29) is 11.3 Å². The van der Waals surface area contributed by atoms with E-state index in [1.807, 2.05) is 0 Å². The van der Waals surface area contributed by atoms with Crippen molar-refractivity contribution in [2.75, 3.05) is 14.2 Å². The van der Waals surface area contributed by atoms with Gasteiger partial charge in [0, 0.05) is 15.8 Å². The number of hydrogen-bond acceptors (Lipinski definition) is 4. The number of ether oxygens (including phenoxy) is 2. The lowest BCUT2D eigenvalue weighted by Crippen LogP contribution is -2.02. The van der Waals surface area contributed by atoms with E-state index in [2.05, 4.69) is 0 Å². The van der Waals surface area contributed by atoms with Gasteiger partial charge in [-0.15, -0.1) is 11.3 Å². The molecule has 0 bridgehead atoms. The summed E-state index contributed by atoms with van der Waals surface area (Å²) in [6.45, 7) is 0. The zero-order valence-electron chi connectivity index (χ0n) is 10.0. The van der Waals surface area contributed by atoms with Crippen LogP contribution in [0.5, 0.6) is 11.5 Å². The Bertz CT molecular complexity index is 539. The first-order chi connectivity index (χ1) is 8.67. The molecule has 0 saturated carbocycles. The molecule has 0 aliphatic rings. The number of aliphatic hydroxyl groups excluding tert-OH is 1. The second-order valence-electron chi connectivity index (χ2n) is 3.65. The second-order valence-corrected chi connectivity index (χ2v) is 4.60. The molecule has 1 unspecified atom stereocenters. The fourth-order valence-electron chi connectivity index (χ4n) is 1.63. The van der Waals surface area contributed by atoms with Crippen LogP contribution in [0.15, 0.2) is 29.6 Å². The molecule has 1 N–H and O–H groups in total. The predicted octanol–water partition coefficient (Wildman–Crippen LogP) is 2.99. The summed E-state index contributed by atoms with van der Waals surface area (Å²) in [6, 6.07) is 6.38. The number of hydrogen-bond donors (Lipinski definition) is 1. The molecule has 0 saturated heterocycles. The van der Waals surface area contributed by atoms with Crippen molar-refractivity contribution in [2.45, 2.75) is 6.10 Å². The standard InChI is InChI=1S/C13H13FO3S/c1-16-8-6-11(18-7-8)13(15)9-4-3-5-10(17-2)12(9)14/h3-7,13,15H,1-2H3. The Labute approximate surface area is 108 Å². The largest absolute Gasteiger partial charge is 0.496 e. The van der Waals surface area contributed by atoms with Crippen molar-refractivity contribution < 1.29 is 19.0 Å². The van der Waals surface area contributed by atoms with Gasteiger partial charge in [0.15, 0.2) is 11.6 Å². The van der Waals surface area contributed by atoms with Gasteiger partial charge in [-0.05, 0) is 12.1 Å². The second kappa shape index (κ2) is 5.37. The minimum Gasteiger partial charge on any atom is -0.496 e. The quantitative estimate of drug-likeness (QED) is 0.926. The van der Waals surface area contributed by atoms with Gasteiger partial charge in [0.1, 0.15) is 11.9 Å². The highest BCUT2D eigenvalue weighted by Crippen LogP contribution is 2.34. The first-order valence-electron chi connectivity index (χ1n) is 5.30. The molecule has 0 aliphatic carbocycles. The molecule has 0 spiro atoms. The maximum Gasteiger partial charge on any atom is 0.171 e. The van der Waals surface area contributed by atoms with E-state index in [0.717, 1.165) is 0 Å². The van der Waals surface area contributed by atoms with Gasteiger partial charge in [0.25, 0.3) is 0 Å². The summed E-state index contributed by atoms with van der Waals surface area (Å²) in [7, 11) is 2.94. The van der Waals surface area contributed by atoms with Crippen LogP contribution >= 0.6 is 11.3 Å². The third kappa shape index (κ3) is 2.32. The average Bonchev–Trinajstić information content (AvgIpc) is 2.87. The summed E-state index contributed by atoms with van der Waals surface area (Å²) < 4.78 is 23.9. The Morgan fingerprint density at radius 2 is 2.06 bits per heavy atom. The van der Waals surface area contributed by atoms with Crippen LogP contribution < -0.4 is 9.47 Å². The Hall–Kier alpha value is -1.59. The number of thiophene rings is 1. The van der Waals surface area contributed by atoms with Crippen LogP contribution in [0.1, 0.15) is 16.5 Å². The SMILES string of the molecule is COc1csc(C(O)c2cccc(OC)c2F)c1. The third-order valence-corrected chi connectivity index (χ3v) is 3.57. The van der Waals surface area contributed by atoms with Gasteiger partial charge in [0.05, 0.1) is 14.2 Å². The lowest BCUT2D eigenvalue weighted by Gasteiger charge is -2.12. The van der Waals surface area contributed by atoms with Crippen molar-refractivity contribution in [3.63, 3.8) is 0 Å². The fraction of sp³-hybridized carbons (Fsp3) is 0.231. The summed E-state index contributed by atoms with van der Waals surface area (Å²) in [4.78, 5) is 0.624. The van der Waals surface area contributed by atoms with Crippen LogP contribution in [-0.2, 0) is 0 Å². The smallest absolute Gasteiger partial charge is 0.171 e. The Morgan fingerprint density at radius 1 is 1.28 bits per heavy atom. The maximum absolute atomic E-state index is 14.0. The molecule has 3 nitrogen and oxygen atoms in total. The van der Waals surface area contributed by atoms with Crippen molar-refractivity contribution in [3.8, 4) is 11.5 Å². The Balaban J connectivity index is 2.36. The minimum absolute atomic E-state index is 0.120. The van der Waals surface area contributed by atoms with Gasteiger partial charge in [0.2, 0.25) is 0 Å². The molecule has 96 valence electrons. The number of rotatable bonds is 4. The summed E-state index contributed by atoms with van der Waals surface area (Å²) in [5, 5.41) is 11.9. The molecule has 0 radical (unpaired) electrons. The van der Waals surface area contributed by atoms with Crippen molar-refractivity contribution >= 4 is 11.3 Å². The molecule has 5 heteroatoms. The Morgan fingerprint density at radius 3 is 2.67 bits per heavy atom. The van der Waals surface area contributed by atoms with E-state index in [1.165, 1.54) is 30.6 Å². The van der Waals surface area contributed by atoms with Crippen LogP contribution in [0.25, 0.3) is 0 Å². The zero-order valence-corrected chi connectivity index (χ0v) is 10.8. The maximum atomic E-state index is 14.0. The first-order valence-corrected chi connectivity index (χ1v) is 6.18. The summed E-state index contributed by atoms with van der Waals surface area (Å²) in [6.07, 6.45) is -1.02. The van der Waals surface area contributed by atoms with Gasteiger partial charge in [-0.3, -0.25) is 0 Å². The van der Waals surface area contributed by atoms with E-state index in [4.69, 9.17) is 9.47 Å². The summed E-state index contributed by atoms with van der Waals surface area (Å²) in [5.41, 5.74) is 0.193. The number of methoxy groups -OCH3 is 2. The van der Waals surface area contributed by atoms with Crippen molar-refractivity contribution in [1.29, 1.82) is 0 Å². The lowest BCUT2D eigenvalue weighted by atomic mass is 10.1. The molecular weight excluding hydrogens is 255 g/mol. The van der Waals surface area contributed by atoms with Crippen LogP contribution in [0.3, 0.4) is 0 Å². The van der Waals surface area contributed by atoms with Gasteiger partial charge in [-0.25, -0.2) is 4.39 Å². The van der Waals surface area contributed by atoms with Crippen LogP contribution in [0, 0.1) is 5.82 Å². The molecule has 2 rings (SSSR count). The fourth-order valence-corrected chi connectivity index (χ4v) is 2.49. The van der Waals surface area contributed by atoms with Crippen molar-refractivity contribution in [3.05, 3.63) is 45.9 Å². The third-order valence-electron chi connectivity index (χ3n) is 2.61. The summed E-state index contributed by atoms with van der Waals surface area (Å²) >= 11 is 1.32. The molecule has 1 atom stereocenters. The van der Waals surface area contributed by atoms with E-state index in [0.29, 0.717) is 10.6 Å². The molecule has 0 aliphatic heterocycles. The average molecular weight is 268 g/mol. The van der Waals surface area contributed by atoms with Crippen molar-refractivity contribution in [1.82, 2.24) is 0 Å². The Kier molecular flexibility index (Phi) is 3.84. The topological polar surface area (TPSA) is 38.7 Å². The van der Waals surface area contributed by atoms with Crippen LogP contribution in [0.4, 0.5) is 4.39 Å². The van der Waals surface area contributed by atoms with E-state index in [1.54, 1.807) is 24.6 Å². The number of aliphatic hydroxyl groups is 1. The lowest BCUT2D eigenvalue weighted by molar-refractivity contribution is 0.216. The highest BCUT2D eigenvalue weighted by Gasteiger charge is 2.19. The van der Waals surface area contributed by atoms with Crippen molar-refractivity contribution in [2.24, 2.45) is 0 Å². The molecule has 18 heavy (non-hydrogen) atoms. The van der Waals surface area contributed by atoms with Gasteiger partial charge >= 0.3 is 0 Å². The van der Waals surface area contributed by atoms with E-state index in [9.17, 15) is 9.50 Å². The molecule has 1 aromatic carbocycles. The molecule has 1 aromatic heterocycles. The van der Waals surface area contributed by atoms with Gasteiger partial charge < -0.3 is 14.6 Å². The molecule has 2 aromatic rings. The van der Waals surface area contributed by atoms with Gasteiger partial charge in [-0.2, -0.15) is 0 Å². The molecule has 1 heterocycles. The van der Waals surface area contributed by atoms with E-state index >= 15 is 0 Å². The van der Waals surface area contributed by atoms with Gasteiger partial charge in [-0.1, -0.05) is 12.1 Å². The van der Waals surface area contributed by atoms with Crippen LogP contribution in [0.2, 0.25) is 0 Å². The number of benzene rings is 1. The monoisotopic (exact) mass is 268 g/mol. The predicted molar refractivity (Wildman–Crippen MR) is 67.9 cm³/mol. The zero-order chi connectivity index (χ0) is 13.1. The minimum atomic E-state index is -1.02. The highest BCUT2D eigenvalue weighted by molar-refractivity contribution is 7.10. The summed E-state index contributed by atoms with van der Waals surface area (Å²) in [5.74, 6) is 0.229. The molecule has 0 fully saturated rings. The normalized spacial score (nSPS) is 12.2. The molecule has 0 amide bonds. The van der Waals surface area contributed by atoms with E-state index < -0.39 is 11.9 Å². The first kappa shape index (κ1) is 12.9. The highest BCUT2D eigenvalue weighted by atomic mass is 32.1. The number of halogens is 1. The van der Waals surface area contributed by atoms with Crippen LogP contribution in [-0.4, -0.2) is 19.3 Å².